The van der Waals surface area contributed by atoms with Crippen LogP contribution < -0.4 is 10.4 Å². The molecule has 2 bridgehead atoms. The van der Waals surface area contributed by atoms with E-state index >= 15 is 0 Å². The Labute approximate surface area is 336 Å². The Morgan fingerprint density at radius 3 is 2.36 bits per heavy atom. The summed E-state index contributed by atoms with van der Waals surface area (Å²) >= 11 is 0. The van der Waals surface area contributed by atoms with E-state index in [1.807, 2.05) is 6.07 Å². The largest absolute Gasteiger partial charge is 0.508 e. The first kappa shape index (κ1) is 40.3. The smallest absolute Gasteiger partial charge is 0.307 e. The SMILES string of the molecule is CCCCCc1cc([C@@H]2Cc3cccc(c3)[C@]3(CC[C@@H]4C=c5ccccc5=C[C@@H]4C3)[C@H](C(=O)O)C/C=C/C[C@@H]2CCCCCC[C@@H]2C=C(CO)CC2)ccc1O. The first-order valence-electron chi connectivity index (χ1n) is 22.2. The van der Waals surface area contributed by atoms with Crippen LogP contribution >= 0.6 is 0 Å². The summed E-state index contributed by atoms with van der Waals surface area (Å²) in [6.07, 6.45) is 30.6. The van der Waals surface area contributed by atoms with Crippen molar-refractivity contribution in [2.45, 2.75) is 134 Å². The Morgan fingerprint density at radius 1 is 0.804 bits per heavy atom. The number of phenols is 1. The van der Waals surface area contributed by atoms with Crippen molar-refractivity contribution < 1.29 is 20.1 Å². The number of aryl methyl sites for hydroxylation is 1. The van der Waals surface area contributed by atoms with Crippen molar-refractivity contribution in [1.82, 2.24) is 0 Å². The van der Waals surface area contributed by atoms with Gasteiger partial charge in [-0.25, -0.2) is 0 Å². The quantitative estimate of drug-likeness (QED) is 0.113. The molecule has 0 radical (unpaired) electrons. The molecule has 0 saturated heterocycles. The highest BCUT2D eigenvalue weighted by atomic mass is 16.4. The third-order valence-electron chi connectivity index (χ3n) is 14.3. The summed E-state index contributed by atoms with van der Waals surface area (Å²) in [7, 11) is 0. The minimum absolute atomic E-state index is 0.213. The summed E-state index contributed by atoms with van der Waals surface area (Å²) in [5.41, 5.74) is 5.66. The molecule has 4 aliphatic rings. The fraction of sp³-hybridized carbons (Fsp3) is 0.519. The number of unbranched alkanes of at least 4 members (excludes halogenated alkanes) is 5. The summed E-state index contributed by atoms with van der Waals surface area (Å²) in [6.45, 7) is 2.44. The number of allylic oxidation sites excluding steroid dienone is 3. The third kappa shape index (κ3) is 9.45. The van der Waals surface area contributed by atoms with Gasteiger partial charge in [0.1, 0.15) is 5.75 Å². The van der Waals surface area contributed by atoms with Crippen LogP contribution in [-0.4, -0.2) is 27.9 Å². The lowest BCUT2D eigenvalue weighted by molar-refractivity contribution is -0.145. The van der Waals surface area contributed by atoms with Gasteiger partial charge in [-0.3, -0.25) is 4.79 Å². The van der Waals surface area contributed by atoms with E-state index in [0.29, 0.717) is 41.8 Å². The average Bonchev–Trinajstić information content (AvgIpc) is 3.68. The second-order valence-electron chi connectivity index (χ2n) is 17.9. The van der Waals surface area contributed by atoms with Crippen molar-refractivity contribution in [2.75, 3.05) is 6.61 Å². The molecule has 1 fully saturated rings. The molecule has 56 heavy (non-hydrogen) atoms. The number of hydrogen-bond acceptors (Lipinski definition) is 3. The van der Waals surface area contributed by atoms with Crippen LogP contribution in [0.1, 0.15) is 138 Å². The first-order valence-corrected chi connectivity index (χ1v) is 22.2. The van der Waals surface area contributed by atoms with E-state index < -0.39 is 17.3 Å². The summed E-state index contributed by atoms with van der Waals surface area (Å²) in [5.74, 6) is 1.34. The molecular weight excluding hydrogens is 689 g/mol. The van der Waals surface area contributed by atoms with E-state index in [1.54, 1.807) is 0 Å². The summed E-state index contributed by atoms with van der Waals surface area (Å²) < 4.78 is 0. The molecular formula is C52H66O4. The Balaban J connectivity index is 1.18. The van der Waals surface area contributed by atoms with E-state index in [-0.39, 0.29) is 6.61 Å². The normalized spacial score (nSPS) is 27.8. The van der Waals surface area contributed by atoms with Crippen molar-refractivity contribution in [3.05, 3.63) is 123 Å². The molecule has 3 aromatic carbocycles. The number of rotatable bonds is 14. The molecule has 7 rings (SSSR count). The van der Waals surface area contributed by atoms with Crippen LogP contribution in [0, 0.1) is 29.6 Å². The van der Waals surface area contributed by atoms with Gasteiger partial charge in [-0.2, -0.15) is 0 Å². The van der Waals surface area contributed by atoms with Crippen molar-refractivity contribution >= 4 is 18.1 Å². The Morgan fingerprint density at radius 2 is 1.59 bits per heavy atom. The van der Waals surface area contributed by atoms with Gasteiger partial charge in [0.05, 0.1) is 12.5 Å². The van der Waals surface area contributed by atoms with Crippen LogP contribution in [0.3, 0.4) is 0 Å². The van der Waals surface area contributed by atoms with Gasteiger partial charge in [-0.05, 0) is 151 Å². The molecule has 0 heterocycles. The Hall–Kier alpha value is -3.89. The molecule has 0 aromatic heterocycles. The molecule has 3 aromatic rings. The van der Waals surface area contributed by atoms with E-state index in [0.717, 1.165) is 76.2 Å². The number of aliphatic carboxylic acids is 1. The maximum atomic E-state index is 13.4. The van der Waals surface area contributed by atoms with Crippen molar-refractivity contribution in [1.29, 1.82) is 0 Å². The van der Waals surface area contributed by atoms with Crippen molar-refractivity contribution in [3.63, 3.8) is 0 Å². The number of carboxylic acid groups (broad SMARTS) is 1. The predicted molar refractivity (Wildman–Crippen MR) is 230 cm³/mol. The number of hydrogen-bond donors (Lipinski definition) is 3. The maximum absolute atomic E-state index is 13.4. The van der Waals surface area contributed by atoms with Gasteiger partial charge in [0.2, 0.25) is 0 Å². The molecule has 4 heteroatoms. The van der Waals surface area contributed by atoms with E-state index in [1.165, 1.54) is 71.2 Å². The predicted octanol–water partition coefficient (Wildman–Crippen LogP) is 10.7. The van der Waals surface area contributed by atoms with Gasteiger partial charge in [0.25, 0.3) is 0 Å². The highest BCUT2D eigenvalue weighted by Crippen LogP contribution is 2.52. The van der Waals surface area contributed by atoms with E-state index in [9.17, 15) is 20.1 Å². The van der Waals surface area contributed by atoms with Crippen LogP contribution in [0.2, 0.25) is 0 Å². The van der Waals surface area contributed by atoms with Gasteiger partial charge < -0.3 is 15.3 Å². The fourth-order valence-electron chi connectivity index (χ4n) is 11.1. The minimum Gasteiger partial charge on any atom is -0.508 e. The first-order chi connectivity index (χ1) is 27.4. The molecule has 1 saturated carbocycles. The van der Waals surface area contributed by atoms with Crippen LogP contribution in [-0.2, 0) is 23.1 Å². The molecule has 0 amide bonds. The number of benzene rings is 3. The van der Waals surface area contributed by atoms with Crippen LogP contribution in [0.25, 0.3) is 12.2 Å². The maximum Gasteiger partial charge on any atom is 0.307 e. The van der Waals surface area contributed by atoms with Crippen LogP contribution in [0.4, 0.5) is 0 Å². The standard InChI is InChI=1S/C52H66O4/c1-2-3-6-20-45-34-44(25-26-50(45)54)48-31-38-15-13-21-47(30-38)52(28-27-43-32-41-18-9-10-19-42(41)33-46(43)35-52)49(51(55)56)22-12-11-17-40(48)16-8-5-4-7-14-37-23-24-39(29-37)36-53/h9-13,15,18-19,21,25-26,29-30,32-34,37,40,43,46,48-49,53-54H,2-8,14,16-17,20,22-24,27-28,31,35-36H2,1H3,(H,55,56)/b12-11+/t37-,40-,43+,46+,48+,49-,52+/m0/s1. The molecule has 7 atom stereocenters. The highest BCUT2D eigenvalue weighted by molar-refractivity contribution is 5.73. The second-order valence-corrected chi connectivity index (χ2v) is 17.9. The summed E-state index contributed by atoms with van der Waals surface area (Å²) in [5, 5.41) is 34.1. The number of carbonyl (C=O) groups is 1. The molecule has 0 unspecified atom stereocenters. The van der Waals surface area contributed by atoms with E-state index in [4.69, 9.17) is 0 Å². The van der Waals surface area contributed by atoms with Gasteiger partial charge in [0, 0.05) is 5.41 Å². The molecule has 3 N–H and O–H groups in total. The van der Waals surface area contributed by atoms with Crippen LogP contribution in [0.15, 0.2) is 90.5 Å². The van der Waals surface area contributed by atoms with Gasteiger partial charge >= 0.3 is 5.97 Å². The summed E-state index contributed by atoms with van der Waals surface area (Å²) in [6, 6.07) is 24.2. The zero-order valence-electron chi connectivity index (χ0n) is 33.9. The van der Waals surface area contributed by atoms with E-state index in [2.05, 4.69) is 98.0 Å². The average molecular weight is 755 g/mol. The zero-order valence-corrected chi connectivity index (χ0v) is 33.9. The lowest BCUT2D eigenvalue weighted by atomic mass is 9.55. The third-order valence-corrected chi connectivity index (χ3v) is 14.3. The molecule has 0 aliphatic heterocycles. The monoisotopic (exact) mass is 754 g/mol. The van der Waals surface area contributed by atoms with Crippen molar-refractivity contribution in [2.24, 2.45) is 29.6 Å². The molecule has 4 nitrogen and oxygen atoms in total. The fourth-order valence-corrected chi connectivity index (χ4v) is 11.1. The minimum atomic E-state index is -0.675. The number of aliphatic hydroxyl groups excluding tert-OH is 1. The Bertz CT molecular complexity index is 1970. The number of aromatic hydroxyl groups is 1. The summed E-state index contributed by atoms with van der Waals surface area (Å²) in [4.78, 5) is 13.4. The zero-order chi connectivity index (χ0) is 38.9. The van der Waals surface area contributed by atoms with Crippen molar-refractivity contribution in [3.8, 4) is 5.75 Å². The van der Waals surface area contributed by atoms with Gasteiger partial charge in [0.15, 0.2) is 0 Å². The Kier molecular flexibility index (Phi) is 13.7. The lowest BCUT2D eigenvalue weighted by Gasteiger charge is -2.48. The number of aliphatic hydroxyl groups is 1. The van der Waals surface area contributed by atoms with Gasteiger partial charge in [-0.1, -0.05) is 136 Å². The highest BCUT2D eigenvalue weighted by Gasteiger charge is 2.49. The van der Waals surface area contributed by atoms with Crippen LogP contribution in [0.5, 0.6) is 5.75 Å². The lowest BCUT2D eigenvalue weighted by Crippen LogP contribution is -2.47. The molecule has 4 aliphatic carbocycles. The topological polar surface area (TPSA) is 77.8 Å². The molecule has 298 valence electrons. The number of phenolic OH excluding ortho intramolecular Hbond substituents is 1. The molecule has 1 spiro atoms. The number of carboxylic acids is 1. The number of fused-ring (bicyclic) bond motifs is 5. The van der Waals surface area contributed by atoms with Gasteiger partial charge in [-0.15, -0.1) is 0 Å². The second kappa shape index (κ2) is 19.0.